The van der Waals surface area contributed by atoms with Gasteiger partial charge in [-0.1, -0.05) is 46.3 Å². The number of fused-ring (bicyclic) bond motifs is 1. The molecule has 2 aromatic carbocycles. The largest absolute Gasteiger partial charge is 0.357 e. The van der Waals surface area contributed by atoms with Crippen molar-refractivity contribution in [3.63, 3.8) is 0 Å². The maximum Gasteiger partial charge on any atom is 0.293 e. The number of nitrogens with zero attached hydrogens (tertiary/aromatic N) is 5. The molecule has 126 valence electrons. The molecule has 4 rings (SSSR count). The molecule has 0 spiro atoms. The maximum atomic E-state index is 11.4. The highest BCUT2D eigenvalue weighted by molar-refractivity contribution is 9.10. The molecule has 7 nitrogen and oxygen atoms in total. The summed E-state index contributed by atoms with van der Waals surface area (Å²) >= 11 is 3.29. The van der Waals surface area contributed by atoms with Crippen LogP contribution in [0.2, 0.25) is 0 Å². The van der Waals surface area contributed by atoms with Crippen LogP contribution in [0.25, 0.3) is 11.4 Å². The van der Waals surface area contributed by atoms with E-state index in [1.807, 2.05) is 41.3 Å². The number of nitro groups is 1. The van der Waals surface area contributed by atoms with Crippen molar-refractivity contribution in [1.82, 2.24) is 14.8 Å². The second-order valence-electron chi connectivity index (χ2n) is 5.77. The first kappa shape index (κ1) is 15.8. The molecule has 0 N–H and O–H groups in total. The minimum atomic E-state index is -0.352. The fourth-order valence-electron chi connectivity index (χ4n) is 3.07. The van der Waals surface area contributed by atoms with E-state index in [1.54, 1.807) is 6.07 Å². The molecule has 8 heteroatoms. The predicted molar refractivity (Wildman–Crippen MR) is 97.3 cm³/mol. The molecule has 1 aromatic heterocycles. The van der Waals surface area contributed by atoms with Crippen LogP contribution in [0.3, 0.4) is 0 Å². The number of hydrogen-bond acceptors (Lipinski definition) is 5. The van der Waals surface area contributed by atoms with Gasteiger partial charge in [-0.3, -0.25) is 10.1 Å². The summed E-state index contributed by atoms with van der Waals surface area (Å²) in [7, 11) is 0. The maximum absolute atomic E-state index is 11.4. The number of rotatable bonds is 3. The summed E-state index contributed by atoms with van der Waals surface area (Å²) in [5.41, 5.74) is 1.71. The Labute approximate surface area is 152 Å². The van der Waals surface area contributed by atoms with Crippen molar-refractivity contribution in [3.05, 3.63) is 68.9 Å². The molecule has 0 amide bonds. The average molecular weight is 400 g/mol. The van der Waals surface area contributed by atoms with E-state index < -0.39 is 0 Å². The number of nitro benzene ring substituents is 1. The van der Waals surface area contributed by atoms with Crippen molar-refractivity contribution in [1.29, 1.82) is 0 Å². The number of hydrogen-bond donors (Lipinski definition) is 0. The minimum absolute atomic E-state index is 0.0885. The molecular formula is C17H14BrN5O2. The topological polar surface area (TPSA) is 77.1 Å². The summed E-state index contributed by atoms with van der Waals surface area (Å²) in [5.74, 6) is 1.64. The fraction of sp³-hybridized carbons (Fsp3) is 0.176. The summed E-state index contributed by atoms with van der Waals surface area (Å²) in [6.07, 6.45) is 0. The Morgan fingerprint density at radius 3 is 2.64 bits per heavy atom. The van der Waals surface area contributed by atoms with Crippen LogP contribution >= 0.6 is 15.9 Å². The Balaban J connectivity index is 1.67. The van der Waals surface area contributed by atoms with Crippen molar-refractivity contribution in [2.24, 2.45) is 0 Å². The summed E-state index contributed by atoms with van der Waals surface area (Å²) in [6.45, 7) is 1.83. The Morgan fingerprint density at radius 1 is 1.08 bits per heavy atom. The van der Waals surface area contributed by atoms with Gasteiger partial charge >= 0.3 is 0 Å². The zero-order valence-corrected chi connectivity index (χ0v) is 14.8. The minimum Gasteiger partial charge on any atom is -0.357 e. The molecule has 1 aliphatic heterocycles. The van der Waals surface area contributed by atoms with E-state index in [-0.39, 0.29) is 10.6 Å². The Hall–Kier alpha value is -2.74. The molecular weight excluding hydrogens is 386 g/mol. The van der Waals surface area contributed by atoms with Crippen LogP contribution in [-0.2, 0) is 13.1 Å². The molecule has 1 aliphatic rings. The van der Waals surface area contributed by atoms with Crippen molar-refractivity contribution < 1.29 is 4.92 Å². The van der Waals surface area contributed by atoms with E-state index in [0.29, 0.717) is 29.8 Å². The van der Waals surface area contributed by atoms with Gasteiger partial charge in [0, 0.05) is 29.2 Å². The monoisotopic (exact) mass is 399 g/mol. The van der Waals surface area contributed by atoms with Crippen LogP contribution in [0, 0.1) is 10.1 Å². The highest BCUT2D eigenvalue weighted by Crippen LogP contribution is 2.33. The van der Waals surface area contributed by atoms with E-state index in [4.69, 9.17) is 0 Å². The SMILES string of the molecule is O=[N+]([O-])c1cc(Br)ccc1N1CCn2c(nnc2-c2ccccc2)C1. The lowest BCUT2D eigenvalue weighted by molar-refractivity contribution is -0.384. The molecule has 25 heavy (non-hydrogen) atoms. The quantitative estimate of drug-likeness (QED) is 0.496. The number of anilines is 1. The summed E-state index contributed by atoms with van der Waals surface area (Å²) in [6, 6.07) is 15.0. The van der Waals surface area contributed by atoms with Crippen LogP contribution in [0.15, 0.2) is 53.0 Å². The highest BCUT2D eigenvalue weighted by Gasteiger charge is 2.26. The smallest absolute Gasteiger partial charge is 0.293 e. The van der Waals surface area contributed by atoms with E-state index >= 15 is 0 Å². The number of aromatic nitrogens is 3. The van der Waals surface area contributed by atoms with Crippen LogP contribution in [0.1, 0.15) is 5.82 Å². The van der Waals surface area contributed by atoms with Crippen LogP contribution < -0.4 is 4.90 Å². The van der Waals surface area contributed by atoms with Crippen molar-refractivity contribution in [3.8, 4) is 11.4 Å². The highest BCUT2D eigenvalue weighted by atomic mass is 79.9. The van der Waals surface area contributed by atoms with Gasteiger partial charge < -0.3 is 9.47 Å². The lowest BCUT2D eigenvalue weighted by Gasteiger charge is -2.29. The first-order valence-corrected chi connectivity index (χ1v) is 8.59. The Morgan fingerprint density at radius 2 is 1.88 bits per heavy atom. The van der Waals surface area contributed by atoms with Gasteiger partial charge in [-0.25, -0.2) is 0 Å². The number of benzene rings is 2. The van der Waals surface area contributed by atoms with Crippen molar-refractivity contribution >= 4 is 27.3 Å². The summed E-state index contributed by atoms with van der Waals surface area (Å²) < 4.78 is 2.77. The first-order valence-electron chi connectivity index (χ1n) is 7.80. The van der Waals surface area contributed by atoms with Gasteiger partial charge in [-0.15, -0.1) is 10.2 Å². The predicted octanol–water partition coefficient (Wildman–Crippen LogP) is 3.64. The van der Waals surface area contributed by atoms with Gasteiger partial charge in [0.2, 0.25) is 0 Å². The molecule has 0 atom stereocenters. The lowest BCUT2D eigenvalue weighted by atomic mass is 10.2. The van der Waals surface area contributed by atoms with E-state index in [9.17, 15) is 10.1 Å². The molecule has 0 bridgehead atoms. The molecule has 0 unspecified atom stereocenters. The molecule has 0 saturated heterocycles. The third-order valence-electron chi connectivity index (χ3n) is 4.26. The van der Waals surface area contributed by atoms with Gasteiger partial charge in [0.1, 0.15) is 5.69 Å². The zero-order chi connectivity index (χ0) is 17.4. The Bertz CT molecular complexity index is 941. The molecule has 2 heterocycles. The summed E-state index contributed by atoms with van der Waals surface area (Å²) in [5, 5.41) is 20.0. The standard InChI is InChI=1S/C17H14BrN5O2/c18-13-6-7-14(15(10-13)23(24)25)21-8-9-22-16(11-21)19-20-17(22)12-4-2-1-3-5-12/h1-7,10H,8-9,11H2. The van der Waals surface area contributed by atoms with Crippen LogP contribution in [0.4, 0.5) is 11.4 Å². The molecule has 0 aliphatic carbocycles. The molecule has 0 radical (unpaired) electrons. The van der Waals surface area contributed by atoms with E-state index in [2.05, 4.69) is 30.7 Å². The van der Waals surface area contributed by atoms with Gasteiger partial charge in [-0.05, 0) is 12.1 Å². The van der Waals surface area contributed by atoms with Crippen molar-refractivity contribution in [2.75, 3.05) is 11.4 Å². The zero-order valence-electron chi connectivity index (χ0n) is 13.2. The lowest BCUT2D eigenvalue weighted by Crippen LogP contribution is -2.34. The number of halogens is 1. The summed E-state index contributed by atoms with van der Waals surface area (Å²) in [4.78, 5) is 13.0. The van der Waals surface area contributed by atoms with Gasteiger partial charge in [0.05, 0.1) is 11.5 Å². The fourth-order valence-corrected chi connectivity index (χ4v) is 3.42. The second kappa shape index (κ2) is 6.29. The normalized spacial score (nSPS) is 13.6. The first-order chi connectivity index (χ1) is 12.1. The van der Waals surface area contributed by atoms with Gasteiger partial charge in [0.15, 0.2) is 11.6 Å². The second-order valence-corrected chi connectivity index (χ2v) is 6.68. The van der Waals surface area contributed by atoms with Gasteiger partial charge in [0.25, 0.3) is 5.69 Å². The average Bonchev–Trinajstić information content (AvgIpc) is 3.05. The van der Waals surface area contributed by atoms with E-state index in [0.717, 1.165) is 17.2 Å². The van der Waals surface area contributed by atoms with Crippen LogP contribution in [-0.4, -0.2) is 26.2 Å². The van der Waals surface area contributed by atoms with Crippen molar-refractivity contribution in [2.45, 2.75) is 13.1 Å². The van der Waals surface area contributed by atoms with E-state index in [1.165, 1.54) is 6.07 Å². The third-order valence-corrected chi connectivity index (χ3v) is 4.75. The van der Waals surface area contributed by atoms with Gasteiger partial charge in [-0.2, -0.15) is 0 Å². The third kappa shape index (κ3) is 2.89. The Kier molecular flexibility index (Phi) is 3.96. The van der Waals surface area contributed by atoms with Crippen LogP contribution in [0.5, 0.6) is 0 Å². The molecule has 0 saturated carbocycles. The molecule has 3 aromatic rings. The molecule has 0 fully saturated rings.